The lowest BCUT2D eigenvalue weighted by molar-refractivity contribution is -0.122. The topological polar surface area (TPSA) is 127 Å². The van der Waals surface area contributed by atoms with Crippen LogP contribution in [0.5, 0.6) is 5.88 Å². The molecule has 0 saturated carbocycles. The van der Waals surface area contributed by atoms with E-state index in [9.17, 15) is 19.5 Å². The maximum atomic E-state index is 13.2. The van der Waals surface area contributed by atoms with Crippen LogP contribution in [0, 0.1) is 6.92 Å². The molecule has 3 aromatic carbocycles. The average Bonchev–Trinajstić information content (AvgIpc) is 3.33. The van der Waals surface area contributed by atoms with Crippen molar-refractivity contribution in [2.45, 2.75) is 6.92 Å². The van der Waals surface area contributed by atoms with E-state index in [1.165, 1.54) is 7.11 Å². The lowest BCUT2D eigenvalue weighted by atomic mass is 9.98. The molecule has 0 unspecified atom stereocenters. The van der Waals surface area contributed by atoms with Crippen LogP contribution in [0.15, 0.2) is 71.7 Å². The second kappa shape index (κ2) is 12.3. The summed E-state index contributed by atoms with van der Waals surface area (Å²) >= 11 is 0. The van der Waals surface area contributed by atoms with Crippen LogP contribution < -0.4 is 5.32 Å². The number of esters is 1. The molecule has 1 aliphatic heterocycles. The number of fused-ring (bicyclic) bond motifs is 1. The highest BCUT2D eigenvalue weighted by atomic mass is 16.5. The highest BCUT2D eigenvalue weighted by molar-refractivity contribution is 6.22. The quantitative estimate of drug-likeness (QED) is 0.231. The molecule has 0 aliphatic carbocycles. The number of aromatic amines is 1. The zero-order valence-electron chi connectivity index (χ0n) is 23.8. The number of hydrogen-bond acceptors (Lipinski definition) is 7. The summed E-state index contributed by atoms with van der Waals surface area (Å²) in [7, 11) is 2.95. The monoisotopic (exact) mass is 567 g/mol. The van der Waals surface area contributed by atoms with Crippen LogP contribution in [0.1, 0.15) is 37.4 Å². The Morgan fingerprint density at radius 1 is 0.976 bits per heavy atom. The van der Waals surface area contributed by atoms with Gasteiger partial charge in [-0.1, -0.05) is 30.3 Å². The zero-order chi connectivity index (χ0) is 29.8. The van der Waals surface area contributed by atoms with Crippen LogP contribution in [-0.2, 0) is 9.53 Å². The number of aromatic hydroxyl groups is 1. The van der Waals surface area contributed by atoms with Gasteiger partial charge in [-0.05, 0) is 48.9 Å². The first-order valence-electron chi connectivity index (χ1n) is 13.7. The Balaban J connectivity index is 1.44. The first-order chi connectivity index (χ1) is 20.3. The summed E-state index contributed by atoms with van der Waals surface area (Å²) in [6.07, 6.45) is 0. The van der Waals surface area contributed by atoms with E-state index in [1.54, 1.807) is 42.3 Å². The molecule has 4 aromatic rings. The summed E-state index contributed by atoms with van der Waals surface area (Å²) in [5, 5.41) is 14.4. The fourth-order valence-electron chi connectivity index (χ4n) is 5.15. The molecule has 5 rings (SSSR count). The Morgan fingerprint density at radius 2 is 1.67 bits per heavy atom. The van der Waals surface area contributed by atoms with Crippen LogP contribution >= 0.6 is 0 Å². The van der Waals surface area contributed by atoms with Gasteiger partial charge in [0, 0.05) is 55.3 Å². The number of methoxy groups -OCH3 is 1. The third-order valence-electron chi connectivity index (χ3n) is 7.47. The van der Waals surface area contributed by atoms with Crippen molar-refractivity contribution in [2.24, 2.45) is 4.99 Å². The van der Waals surface area contributed by atoms with Gasteiger partial charge in [0.1, 0.15) is 0 Å². The van der Waals surface area contributed by atoms with E-state index in [1.807, 2.05) is 48.2 Å². The van der Waals surface area contributed by atoms with Gasteiger partial charge < -0.3 is 25.0 Å². The normalized spacial score (nSPS) is 14.2. The second-order valence-electron chi connectivity index (χ2n) is 10.2. The summed E-state index contributed by atoms with van der Waals surface area (Å²) < 4.78 is 4.90. The number of aliphatic imine (C=N–C) groups is 1. The molecule has 10 heteroatoms. The predicted octanol–water partition coefficient (Wildman–Crippen LogP) is 3.64. The molecule has 1 fully saturated rings. The number of carbonyl (C=O) groups is 3. The van der Waals surface area contributed by atoms with E-state index in [-0.39, 0.29) is 17.7 Å². The van der Waals surface area contributed by atoms with E-state index in [0.717, 1.165) is 5.56 Å². The minimum Gasteiger partial charge on any atom is -0.494 e. The number of carbonyl (C=O) groups excluding carboxylic acids is 3. The Morgan fingerprint density at radius 3 is 2.31 bits per heavy atom. The number of aromatic nitrogens is 1. The van der Waals surface area contributed by atoms with Gasteiger partial charge in [-0.25, -0.2) is 9.79 Å². The number of hydrogen-bond donors (Lipinski definition) is 3. The van der Waals surface area contributed by atoms with E-state index >= 15 is 0 Å². The molecule has 1 aliphatic rings. The van der Waals surface area contributed by atoms with E-state index < -0.39 is 5.97 Å². The van der Waals surface area contributed by atoms with Crippen LogP contribution in [0.25, 0.3) is 10.9 Å². The van der Waals surface area contributed by atoms with Gasteiger partial charge in [-0.3, -0.25) is 14.5 Å². The molecule has 0 atom stereocenters. The molecule has 2 amide bonds. The fraction of sp³-hybridized carbons (Fsp3) is 0.250. The number of piperazine rings is 1. The molecule has 1 saturated heterocycles. The zero-order valence-corrected chi connectivity index (χ0v) is 23.8. The first-order valence-corrected chi connectivity index (χ1v) is 13.7. The van der Waals surface area contributed by atoms with Crippen molar-refractivity contribution in [3.63, 3.8) is 0 Å². The van der Waals surface area contributed by atoms with Crippen molar-refractivity contribution in [2.75, 3.05) is 46.9 Å². The second-order valence-corrected chi connectivity index (χ2v) is 10.2. The Hall–Kier alpha value is -4.96. The van der Waals surface area contributed by atoms with Crippen LogP contribution in [-0.4, -0.2) is 90.3 Å². The largest absolute Gasteiger partial charge is 0.494 e. The Kier molecular flexibility index (Phi) is 8.35. The molecule has 0 spiro atoms. The summed E-state index contributed by atoms with van der Waals surface area (Å²) in [4.78, 5) is 48.8. The SMILES string of the molecule is CNC(=O)CN1CCN(C(=O)c2ccc(N=C(c3ccccc3)c3c(O)[nH]c4cc(C(=O)OC)c(C)cc34)cc2)CC1. The summed E-state index contributed by atoms with van der Waals surface area (Å²) in [5.74, 6) is -0.638. The van der Waals surface area contributed by atoms with Crippen molar-refractivity contribution < 1.29 is 24.2 Å². The lowest BCUT2D eigenvalue weighted by Gasteiger charge is -2.34. The molecule has 0 bridgehead atoms. The minimum atomic E-state index is -0.456. The number of amides is 2. The average molecular weight is 568 g/mol. The molecule has 1 aromatic heterocycles. The van der Waals surface area contributed by atoms with Crippen LogP contribution in [0.4, 0.5) is 5.69 Å². The fourth-order valence-corrected chi connectivity index (χ4v) is 5.15. The van der Waals surface area contributed by atoms with Gasteiger partial charge in [-0.15, -0.1) is 0 Å². The van der Waals surface area contributed by atoms with Gasteiger partial charge in [0.05, 0.1) is 36.2 Å². The highest BCUT2D eigenvalue weighted by Crippen LogP contribution is 2.33. The third-order valence-corrected chi connectivity index (χ3v) is 7.47. The number of benzene rings is 3. The number of rotatable bonds is 7. The van der Waals surface area contributed by atoms with Gasteiger partial charge in [0.15, 0.2) is 5.88 Å². The van der Waals surface area contributed by atoms with Crippen molar-refractivity contribution in [3.8, 4) is 5.88 Å². The molecule has 3 N–H and O–H groups in total. The van der Waals surface area contributed by atoms with Crippen LogP contribution in [0.2, 0.25) is 0 Å². The number of ether oxygens (including phenoxy) is 1. The highest BCUT2D eigenvalue weighted by Gasteiger charge is 2.24. The Bertz CT molecular complexity index is 1650. The lowest BCUT2D eigenvalue weighted by Crippen LogP contribution is -2.50. The van der Waals surface area contributed by atoms with Gasteiger partial charge in [-0.2, -0.15) is 0 Å². The number of H-pyrrole nitrogens is 1. The smallest absolute Gasteiger partial charge is 0.338 e. The summed E-state index contributed by atoms with van der Waals surface area (Å²) in [5.41, 5.74) is 4.69. The van der Waals surface area contributed by atoms with Gasteiger partial charge in [0.2, 0.25) is 5.91 Å². The molecular formula is C32H33N5O5. The standard InChI is InChI=1S/C32H33N5O5/c1-20-17-25-26(18-24(20)32(41)42-3)35-30(39)28(25)29(21-7-5-4-6-8-21)34-23-11-9-22(10-12-23)31(40)37-15-13-36(14-16-37)19-27(38)33-2/h4-12,17-18,35,39H,13-16,19H2,1-3H3,(H,33,38). The number of likely N-dealkylation sites (N-methyl/N-ethyl adjacent to an activating group) is 1. The van der Waals surface area contributed by atoms with Gasteiger partial charge >= 0.3 is 5.97 Å². The third kappa shape index (κ3) is 5.89. The Labute approximate surface area is 243 Å². The summed E-state index contributed by atoms with van der Waals surface area (Å²) in [6.45, 7) is 4.51. The van der Waals surface area contributed by atoms with E-state index in [2.05, 4.69) is 10.3 Å². The number of aryl methyl sites for hydroxylation is 1. The molecule has 2 heterocycles. The van der Waals surface area contributed by atoms with Crippen LogP contribution in [0.3, 0.4) is 0 Å². The van der Waals surface area contributed by atoms with Crippen molar-refractivity contribution >= 4 is 40.1 Å². The summed E-state index contributed by atoms with van der Waals surface area (Å²) in [6, 6.07) is 20.1. The molecule has 216 valence electrons. The number of nitrogens with zero attached hydrogens (tertiary/aromatic N) is 3. The van der Waals surface area contributed by atoms with Crippen molar-refractivity contribution in [1.82, 2.24) is 20.1 Å². The number of nitrogens with one attached hydrogen (secondary N) is 2. The van der Waals surface area contributed by atoms with Gasteiger partial charge in [0.25, 0.3) is 5.91 Å². The molecule has 42 heavy (non-hydrogen) atoms. The van der Waals surface area contributed by atoms with E-state index in [0.29, 0.717) is 77.3 Å². The van der Waals surface area contributed by atoms with Crippen molar-refractivity contribution in [3.05, 3.63) is 94.5 Å². The molecular weight excluding hydrogens is 534 g/mol. The first kappa shape index (κ1) is 28.6. The minimum absolute atomic E-state index is 0.0390. The maximum absolute atomic E-state index is 13.2. The van der Waals surface area contributed by atoms with Crippen molar-refractivity contribution in [1.29, 1.82) is 0 Å². The van der Waals surface area contributed by atoms with E-state index in [4.69, 9.17) is 9.73 Å². The molecule has 10 nitrogen and oxygen atoms in total. The predicted molar refractivity (Wildman–Crippen MR) is 161 cm³/mol. The maximum Gasteiger partial charge on any atom is 0.338 e. The molecule has 0 radical (unpaired) electrons.